The van der Waals surface area contributed by atoms with Crippen LogP contribution >= 0.6 is 31.9 Å². The molecule has 0 amide bonds. The Hall–Kier alpha value is -1.28. The maximum atomic E-state index is 10.8. The van der Waals surface area contributed by atoms with Gasteiger partial charge in [-0.05, 0) is 50.2 Å². The van der Waals surface area contributed by atoms with Gasteiger partial charge in [-0.15, -0.1) is 0 Å². The van der Waals surface area contributed by atoms with Crippen molar-refractivity contribution in [1.82, 2.24) is 0 Å². The van der Waals surface area contributed by atoms with Crippen LogP contribution in [0, 0.1) is 0 Å². The first-order valence-electron chi connectivity index (χ1n) is 6.39. The Bertz CT molecular complexity index is 673. The van der Waals surface area contributed by atoms with Crippen LogP contribution in [0.2, 0.25) is 0 Å². The molecule has 127 valence electrons. The van der Waals surface area contributed by atoms with Crippen molar-refractivity contribution >= 4 is 43.4 Å². The Balaban J connectivity index is 0.000000400. The summed E-state index contributed by atoms with van der Waals surface area (Å²) < 4.78 is 9.77. The van der Waals surface area contributed by atoms with E-state index in [0.29, 0.717) is 11.1 Å². The third kappa shape index (κ3) is 7.53. The molecule has 8 heteroatoms. The summed E-state index contributed by atoms with van der Waals surface area (Å²) in [5.41, 5.74) is 0.693. The van der Waals surface area contributed by atoms with Crippen LogP contribution < -0.4 is 0 Å². The fraction of sp³-hybridized carbons (Fsp3) is 0.125. The molecular formula is C16H14Br2O5V. The van der Waals surface area contributed by atoms with Crippen LogP contribution in [-0.4, -0.2) is 21.8 Å². The van der Waals surface area contributed by atoms with Crippen molar-refractivity contribution in [1.29, 1.82) is 0 Å². The molecule has 2 aromatic carbocycles. The third-order valence-electron chi connectivity index (χ3n) is 2.68. The number of aromatic hydroxyl groups is 2. The van der Waals surface area contributed by atoms with Crippen molar-refractivity contribution in [3.05, 3.63) is 56.5 Å². The van der Waals surface area contributed by atoms with Crippen molar-refractivity contribution in [2.24, 2.45) is 0 Å². The summed E-state index contributed by atoms with van der Waals surface area (Å²) >= 11 is 7.46. The summed E-state index contributed by atoms with van der Waals surface area (Å²) in [4.78, 5) is 21.7. The molecule has 0 aromatic heterocycles. The zero-order chi connectivity index (χ0) is 18.9. The van der Waals surface area contributed by atoms with E-state index in [1.54, 1.807) is 24.3 Å². The van der Waals surface area contributed by atoms with E-state index in [0.717, 1.165) is 26.3 Å². The molecule has 2 aromatic rings. The number of carbonyl (C=O) groups excluding carboxylic acids is 2. The number of ketones is 2. The summed E-state index contributed by atoms with van der Waals surface area (Å²) in [6.07, 6.45) is 0. The molecule has 0 spiro atoms. The van der Waals surface area contributed by atoms with Gasteiger partial charge < -0.3 is 10.2 Å². The van der Waals surface area contributed by atoms with Gasteiger partial charge in [-0.2, -0.15) is 0 Å². The number of halogens is 2. The molecular weight excluding hydrogens is 483 g/mol. The van der Waals surface area contributed by atoms with Crippen LogP contribution in [0.25, 0.3) is 0 Å². The van der Waals surface area contributed by atoms with Crippen LogP contribution in [-0.2, 0) is 21.0 Å². The predicted molar refractivity (Wildman–Crippen MR) is 92.3 cm³/mol. The number of hydrogen-bond acceptors (Lipinski definition) is 5. The summed E-state index contributed by atoms with van der Waals surface area (Å²) in [5.74, 6) is -0.214. The van der Waals surface area contributed by atoms with Gasteiger partial charge in [-0.3, -0.25) is 9.59 Å². The molecule has 0 atom stereocenters. The molecule has 0 unspecified atom stereocenters. The number of carbonyl (C=O) groups is 2. The van der Waals surface area contributed by atoms with E-state index in [9.17, 15) is 9.59 Å². The van der Waals surface area contributed by atoms with Crippen molar-refractivity contribution in [2.75, 3.05) is 0 Å². The van der Waals surface area contributed by atoms with E-state index in [2.05, 4.69) is 31.9 Å². The first-order valence-corrected chi connectivity index (χ1v) is 8.55. The second kappa shape index (κ2) is 11.3. The molecule has 0 saturated carbocycles. The van der Waals surface area contributed by atoms with Gasteiger partial charge in [0.05, 0.1) is 11.1 Å². The van der Waals surface area contributed by atoms with E-state index in [4.69, 9.17) is 13.9 Å². The molecule has 2 rings (SSSR count). The standard InChI is InChI=1S/2C8H7BrO2.O.V/c2*1-5(10)7-4-6(9)2-3-8(7)11;;/h2*2-4,11H,1H3;;. The molecule has 0 saturated heterocycles. The number of hydrogen-bond donors (Lipinski definition) is 2. The number of phenols is 2. The minimum absolute atomic E-state index is 0.0284. The quantitative estimate of drug-likeness (QED) is 0.593. The van der Waals surface area contributed by atoms with Gasteiger partial charge in [-0.25, -0.2) is 0 Å². The fourth-order valence-electron chi connectivity index (χ4n) is 1.58. The minimum atomic E-state index is -0.135. The number of benzene rings is 2. The molecule has 5 nitrogen and oxygen atoms in total. The van der Waals surface area contributed by atoms with Crippen LogP contribution in [0.15, 0.2) is 45.3 Å². The van der Waals surface area contributed by atoms with Crippen molar-refractivity contribution in [2.45, 2.75) is 13.8 Å². The van der Waals surface area contributed by atoms with Gasteiger partial charge in [0, 0.05) is 8.95 Å². The molecule has 0 bridgehead atoms. The van der Waals surface area contributed by atoms with Gasteiger partial charge >= 0.3 is 21.0 Å². The Labute approximate surface area is 165 Å². The zero-order valence-electron chi connectivity index (χ0n) is 12.8. The molecule has 0 aliphatic carbocycles. The van der Waals surface area contributed by atoms with Gasteiger partial charge in [-0.1, -0.05) is 31.9 Å². The number of rotatable bonds is 2. The van der Waals surface area contributed by atoms with Gasteiger partial charge in [0.1, 0.15) is 11.5 Å². The average molecular weight is 497 g/mol. The van der Waals surface area contributed by atoms with E-state index in [-0.39, 0.29) is 23.1 Å². The van der Waals surface area contributed by atoms with Crippen LogP contribution in [0.4, 0.5) is 0 Å². The Kier molecular flexibility index (Phi) is 10.7. The maximum absolute atomic E-state index is 10.8. The zero-order valence-corrected chi connectivity index (χ0v) is 17.4. The van der Waals surface area contributed by atoms with Crippen LogP contribution in [0.5, 0.6) is 11.5 Å². The molecule has 0 aliphatic heterocycles. The SMILES string of the molecule is CC(=O)c1cc(Br)ccc1O.CC(=O)c1cc(Br)ccc1O.[O]=[V]. The number of Topliss-reactive ketones (excluding diaryl/α,β-unsaturated/α-hetero) is 2. The second-order valence-electron chi connectivity index (χ2n) is 4.44. The summed E-state index contributed by atoms with van der Waals surface area (Å²) in [7, 11) is 0. The van der Waals surface area contributed by atoms with Crippen LogP contribution in [0.3, 0.4) is 0 Å². The second-order valence-corrected chi connectivity index (χ2v) is 6.27. The normalized spacial score (nSPS) is 8.96. The van der Waals surface area contributed by atoms with E-state index in [1.807, 2.05) is 0 Å². The van der Waals surface area contributed by atoms with Gasteiger partial charge in [0.15, 0.2) is 11.6 Å². The molecule has 0 aliphatic rings. The molecule has 0 fully saturated rings. The Morgan fingerprint density at radius 1 is 0.792 bits per heavy atom. The van der Waals surface area contributed by atoms with Crippen molar-refractivity contribution in [3.8, 4) is 11.5 Å². The van der Waals surface area contributed by atoms with E-state index >= 15 is 0 Å². The fourth-order valence-corrected chi connectivity index (χ4v) is 2.30. The van der Waals surface area contributed by atoms with E-state index in [1.165, 1.54) is 26.0 Å². The first-order chi connectivity index (χ1) is 11.2. The number of phenolic OH excluding ortho intramolecular Hbond substituents is 2. The van der Waals surface area contributed by atoms with Crippen molar-refractivity contribution < 1.29 is 40.8 Å². The summed E-state index contributed by atoms with van der Waals surface area (Å²) in [6.45, 7) is 2.84. The molecule has 2 N–H and O–H groups in total. The summed E-state index contributed by atoms with van der Waals surface area (Å²) in [6, 6.07) is 9.53. The molecule has 0 radical (unpaired) electrons. The monoisotopic (exact) mass is 495 g/mol. The van der Waals surface area contributed by atoms with Gasteiger partial charge in [0.2, 0.25) is 0 Å². The Morgan fingerprint density at radius 3 is 1.29 bits per heavy atom. The first kappa shape index (κ1) is 22.7. The molecule has 24 heavy (non-hydrogen) atoms. The molecule has 0 heterocycles. The topological polar surface area (TPSA) is 91.7 Å². The predicted octanol–water partition coefficient (Wildman–Crippen LogP) is 4.59. The van der Waals surface area contributed by atoms with Crippen LogP contribution in [0.1, 0.15) is 34.6 Å². The van der Waals surface area contributed by atoms with Crippen molar-refractivity contribution in [3.63, 3.8) is 0 Å². The third-order valence-corrected chi connectivity index (χ3v) is 3.66. The van der Waals surface area contributed by atoms with Gasteiger partial charge in [0.25, 0.3) is 0 Å². The summed E-state index contributed by atoms with van der Waals surface area (Å²) in [5, 5.41) is 18.3. The average Bonchev–Trinajstić information content (AvgIpc) is 2.54. The van der Waals surface area contributed by atoms with E-state index < -0.39 is 0 Å². The Morgan fingerprint density at radius 2 is 1.08 bits per heavy atom.